The molecule has 0 aromatic heterocycles. The van der Waals surface area contributed by atoms with E-state index in [0.29, 0.717) is 19.6 Å². The smallest absolute Gasteiger partial charge is 0.127 e. The number of benzene rings is 1. The maximum Gasteiger partial charge on any atom is 0.127 e. The van der Waals surface area contributed by atoms with Gasteiger partial charge in [0, 0.05) is 23.3 Å². The van der Waals surface area contributed by atoms with Gasteiger partial charge in [-0.25, -0.2) is 4.39 Å². The van der Waals surface area contributed by atoms with E-state index in [9.17, 15) is 4.39 Å². The summed E-state index contributed by atoms with van der Waals surface area (Å²) >= 11 is 1.61. The molecule has 1 rings (SSSR count). The van der Waals surface area contributed by atoms with Crippen molar-refractivity contribution in [2.45, 2.75) is 11.3 Å². The van der Waals surface area contributed by atoms with Crippen LogP contribution in [0, 0.1) is 5.82 Å². The topological polar surface area (TPSA) is 35.2 Å². The second-order valence-corrected chi connectivity index (χ2v) is 4.23. The summed E-state index contributed by atoms with van der Waals surface area (Å²) in [4.78, 5) is 0.970. The molecule has 0 aliphatic carbocycles. The molecule has 0 bridgehead atoms. The molecule has 0 amide bonds. The largest absolute Gasteiger partial charge is 0.384 e. The molecule has 0 saturated carbocycles. The summed E-state index contributed by atoms with van der Waals surface area (Å²) in [7, 11) is 1.66. The van der Waals surface area contributed by atoms with E-state index in [-0.39, 0.29) is 5.82 Å². The van der Waals surface area contributed by atoms with Crippen LogP contribution in [0.15, 0.2) is 23.1 Å². The van der Waals surface area contributed by atoms with Crippen LogP contribution in [0.3, 0.4) is 0 Å². The average molecular weight is 229 g/mol. The second-order valence-electron chi connectivity index (χ2n) is 3.10. The first-order chi connectivity index (χ1) is 7.29. The van der Waals surface area contributed by atoms with E-state index >= 15 is 0 Å². The molecular formula is C11H16FNOS. The average Bonchev–Trinajstić information content (AvgIpc) is 2.23. The first-order valence-electron chi connectivity index (χ1n) is 4.88. The normalized spacial score (nSPS) is 10.6. The van der Waals surface area contributed by atoms with Gasteiger partial charge in [-0.15, -0.1) is 11.8 Å². The predicted molar refractivity (Wildman–Crippen MR) is 61.8 cm³/mol. The van der Waals surface area contributed by atoms with Gasteiger partial charge in [-0.3, -0.25) is 0 Å². The zero-order valence-electron chi connectivity index (χ0n) is 8.83. The van der Waals surface area contributed by atoms with E-state index in [2.05, 4.69) is 0 Å². The van der Waals surface area contributed by atoms with Gasteiger partial charge in [0.05, 0.1) is 6.61 Å². The van der Waals surface area contributed by atoms with Gasteiger partial charge in [-0.1, -0.05) is 6.07 Å². The summed E-state index contributed by atoms with van der Waals surface area (Å²) in [5.74, 6) is 0.667. The number of thioether (sulfide) groups is 1. The third-order valence-corrected chi connectivity index (χ3v) is 3.08. The molecule has 84 valence electrons. The molecular weight excluding hydrogens is 213 g/mol. The van der Waals surface area contributed by atoms with Gasteiger partial charge < -0.3 is 10.5 Å². The minimum Gasteiger partial charge on any atom is -0.384 e. The Bertz CT molecular complexity index is 307. The summed E-state index contributed by atoms with van der Waals surface area (Å²) in [6.07, 6.45) is 0.585. The van der Waals surface area contributed by atoms with E-state index < -0.39 is 0 Å². The number of rotatable bonds is 6. The molecule has 0 radical (unpaired) electrons. The Kier molecular flexibility index (Phi) is 5.68. The highest BCUT2D eigenvalue weighted by atomic mass is 32.2. The maximum atomic E-state index is 13.4. The third-order valence-electron chi connectivity index (χ3n) is 2.02. The van der Waals surface area contributed by atoms with E-state index in [1.54, 1.807) is 24.9 Å². The fourth-order valence-corrected chi connectivity index (χ4v) is 2.31. The molecule has 4 heteroatoms. The Labute approximate surface area is 94.0 Å². The number of halogens is 1. The minimum absolute atomic E-state index is 0.164. The van der Waals surface area contributed by atoms with Crippen molar-refractivity contribution in [3.63, 3.8) is 0 Å². The number of ether oxygens (including phenoxy) is 1. The Morgan fingerprint density at radius 2 is 2.27 bits per heavy atom. The molecule has 0 aliphatic heterocycles. The summed E-state index contributed by atoms with van der Waals surface area (Å²) < 4.78 is 18.4. The summed E-state index contributed by atoms with van der Waals surface area (Å²) in [5.41, 5.74) is 6.18. The highest BCUT2D eigenvalue weighted by Gasteiger charge is 2.07. The van der Waals surface area contributed by atoms with Crippen molar-refractivity contribution in [2.75, 3.05) is 26.0 Å². The second kappa shape index (κ2) is 6.82. The summed E-state index contributed by atoms with van der Waals surface area (Å²) in [6, 6.07) is 5.13. The lowest BCUT2D eigenvalue weighted by atomic mass is 10.1. The van der Waals surface area contributed by atoms with Crippen LogP contribution in [0.2, 0.25) is 0 Å². The number of methoxy groups -OCH3 is 1. The van der Waals surface area contributed by atoms with Crippen LogP contribution in [-0.4, -0.2) is 26.0 Å². The van der Waals surface area contributed by atoms with Gasteiger partial charge in [0.1, 0.15) is 5.82 Å². The van der Waals surface area contributed by atoms with Crippen molar-refractivity contribution in [2.24, 2.45) is 5.73 Å². The SMILES string of the molecule is COCCSc1cccc(F)c1CCN. The van der Waals surface area contributed by atoms with Gasteiger partial charge >= 0.3 is 0 Å². The van der Waals surface area contributed by atoms with E-state index in [1.165, 1.54) is 6.07 Å². The fourth-order valence-electron chi connectivity index (χ4n) is 1.30. The highest BCUT2D eigenvalue weighted by molar-refractivity contribution is 7.99. The molecule has 2 nitrogen and oxygen atoms in total. The van der Waals surface area contributed by atoms with Crippen LogP contribution >= 0.6 is 11.8 Å². The standard InChI is InChI=1S/C11H16FNOS/c1-14-7-8-15-11-4-2-3-10(12)9(11)5-6-13/h2-4H,5-8,13H2,1H3. The van der Waals surface area contributed by atoms with Crippen molar-refractivity contribution in [3.05, 3.63) is 29.6 Å². The first-order valence-corrected chi connectivity index (χ1v) is 5.87. The number of hydrogen-bond acceptors (Lipinski definition) is 3. The van der Waals surface area contributed by atoms with Crippen molar-refractivity contribution in [3.8, 4) is 0 Å². The summed E-state index contributed by atoms with van der Waals surface area (Å²) in [5, 5.41) is 0. The fraction of sp³-hybridized carbons (Fsp3) is 0.455. The van der Waals surface area contributed by atoms with Gasteiger partial charge in [0.15, 0.2) is 0 Å². The first kappa shape index (κ1) is 12.5. The number of nitrogens with two attached hydrogens (primary N) is 1. The van der Waals surface area contributed by atoms with E-state index in [4.69, 9.17) is 10.5 Å². The van der Waals surface area contributed by atoms with Gasteiger partial charge in [-0.2, -0.15) is 0 Å². The van der Waals surface area contributed by atoms with Gasteiger partial charge in [0.25, 0.3) is 0 Å². The van der Waals surface area contributed by atoms with Crippen LogP contribution in [0.25, 0.3) is 0 Å². The van der Waals surface area contributed by atoms with Crippen LogP contribution < -0.4 is 5.73 Å². The Morgan fingerprint density at radius 1 is 1.47 bits per heavy atom. The molecule has 1 aromatic rings. The van der Waals surface area contributed by atoms with Crippen molar-refractivity contribution >= 4 is 11.8 Å². The van der Waals surface area contributed by atoms with Crippen LogP contribution in [0.4, 0.5) is 4.39 Å². The van der Waals surface area contributed by atoms with Crippen LogP contribution in [0.1, 0.15) is 5.56 Å². The predicted octanol–water partition coefficient (Wildman–Crippen LogP) is 2.07. The molecule has 0 heterocycles. The Morgan fingerprint density at radius 3 is 2.93 bits per heavy atom. The third kappa shape index (κ3) is 3.81. The molecule has 0 atom stereocenters. The molecule has 2 N–H and O–H groups in total. The monoisotopic (exact) mass is 229 g/mol. The van der Waals surface area contributed by atoms with Gasteiger partial charge in [0.2, 0.25) is 0 Å². The van der Waals surface area contributed by atoms with Gasteiger partial charge in [-0.05, 0) is 25.1 Å². The molecule has 15 heavy (non-hydrogen) atoms. The Hall–Kier alpha value is -0.580. The molecule has 0 unspecified atom stereocenters. The van der Waals surface area contributed by atoms with Crippen LogP contribution in [0.5, 0.6) is 0 Å². The molecule has 1 aromatic carbocycles. The van der Waals surface area contributed by atoms with E-state index in [0.717, 1.165) is 16.2 Å². The zero-order chi connectivity index (χ0) is 11.1. The molecule has 0 saturated heterocycles. The lowest BCUT2D eigenvalue weighted by molar-refractivity contribution is 0.218. The minimum atomic E-state index is -0.164. The quantitative estimate of drug-likeness (QED) is 0.599. The Balaban J connectivity index is 2.71. The molecule has 0 spiro atoms. The van der Waals surface area contributed by atoms with Crippen molar-refractivity contribution in [1.82, 2.24) is 0 Å². The maximum absolute atomic E-state index is 13.4. The van der Waals surface area contributed by atoms with Crippen LogP contribution in [-0.2, 0) is 11.2 Å². The molecule has 0 aliphatic rings. The summed E-state index contributed by atoms with van der Waals surface area (Å²) in [6.45, 7) is 1.14. The van der Waals surface area contributed by atoms with Crippen molar-refractivity contribution < 1.29 is 9.13 Å². The number of hydrogen-bond donors (Lipinski definition) is 1. The lowest BCUT2D eigenvalue weighted by Gasteiger charge is -2.08. The van der Waals surface area contributed by atoms with E-state index in [1.807, 2.05) is 6.07 Å². The molecule has 0 fully saturated rings. The highest BCUT2D eigenvalue weighted by Crippen LogP contribution is 2.24. The lowest BCUT2D eigenvalue weighted by Crippen LogP contribution is -2.06. The van der Waals surface area contributed by atoms with Crippen molar-refractivity contribution in [1.29, 1.82) is 0 Å². The zero-order valence-corrected chi connectivity index (χ0v) is 9.65.